The number of anilines is 5. The summed E-state index contributed by atoms with van der Waals surface area (Å²) in [5.41, 5.74) is 4.67. The fourth-order valence-electron chi connectivity index (χ4n) is 6.28. The Morgan fingerprint density at radius 2 is 1.84 bits per heavy atom. The number of rotatable bonds is 9. The zero-order valence-electron chi connectivity index (χ0n) is 26.2. The van der Waals surface area contributed by atoms with Crippen LogP contribution < -0.4 is 25.6 Å². The molecule has 3 aromatic heterocycles. The average Bonchev–Trinajstić information content (AvgIpc) is 3.42. The number of halogens is 1. The van der Waals surface area contributed by atoms with Crippen LogP contribution in [0, 0.1) is 6.92 Å². The Balaban J connectivity index is 1.19. The number of hydrogen-bond acceptors (Lipinski definition) is 10. The van der Waals surface area contributed by atoms with Gasteiger partial charge < -0.3 is 29.7 Å². The van der Waals surface area contributed by atoms with E-state index in [1.807, 2.05) is 18.3 Å². The molecule has 1 aromatic carbocycles. The summed E-state index contributed by atoms with van der Waals surface area (Å²) in [6, 6.07) is 9.32. The molecule has 0 saturated carbocycles. The second-order valence-corrected chi connectivity index (χ2v) is 16.4. The van der Waals surface area contributed by atoms with E-state index >= 15 is 0 Å². The Hall–Kier alpha value is -3.18. The fraction of sp³-hybridized carbons (Fsp3) is 0.452. The molecule has 234 valence electrons. The standard InChI is InChI=1S/C31H41BrN9O2P/c1-20-15-25(28(43-4)16-27(20)39-12-8-21(9-13-39)40-18-22(19-40)38(2)3)36-31-33-17-23(32)30(37-31)35-24-10-14-41-26(7-11-34-41)29(24)44(5,6)42/h7,10-11,14-17,21-22H,8-9,12-13,18-19H2,1-6H3,(H2,33,35,36,37). The van der Waals surface area contributed by atoms with E-state index in [2.05, 4.69) is 84.5 Å². The molecule has 2 aliphatic heterocycles. The van der Waals surface area contributed by atoms with Gasteiger partial charge in [0.1, 0.15) is 18.7 Å². The zero-order valence-corrected chi connectivity index (χ0v) is 28.7. The summed E-state index contributed by atoms with van der Waals surface area (Å²) >= 11 is 3.58. The predicted octanol–water partition coefficient (Wildman–Crippen LogP) is 5.15. The molecule has 0 aliphatic carbocycles. The molecule has 6 rings (SSSR count). The van der Waals surface area contributed by atoms with E-state index in [-0.39, 0.29) is 0 Å². The van der Waals surface area contributed by atoms with Crippen molar-refractivity contribution >= 4 is 62.7 Å². The quantitative estimate of drug-likeness (QED) is 0.231. The predicted molar refractivity (Wildman–Crippen MR) is 183 cm³/mol. The SMILES string of the molecule is COc1cc(N2CCC(N3CC(N(C)C)C3)CC2)c(C)cc1Nc1ncc(Br)c(Nc2ccn3nccc3c2P(C)(C)=O)n1. The lowest BCUT2D eigenvalue weighted by molar-refractivity contribution is 0.0188. The van der Waals surface area contributed by atoms with Crippen LogP contribution in [0.5, 0.6) is 5.75 Å². The maximum Gasteiger partial charge on any atom is 0.229 e. The zero-order chi connectivity index (χ0) is 31.2. The third kappa shape index (κ3) is 6.18. The normalized spacial score (nSPS) is 16.9. The van der Waals surface area contributed by atoms with Crippen LogP contribution in [0.3, 0.4) is 0 Å². The third-order valence-electron chi connectivity index (χ3n) is 8.79. The van der Waals surface area contributed by atoms with Crippen molar-refractivity contribution in [1.29, 1.82) is 0 Å². The molecule has 4 aromatic rings. The van der Waals surface area contributed by atoms with Gasteiger partial charge in [-0.15, -0.1) is 0 Å². The first kappa shape index (κ1) is 30.8. The molecule has 2 N–H and O–H groups in total. The van der Waals surface area contributed by atoms with Gasteiger partial charge in [-0.2, -0.15) is 10.1 Å². The van der Waals surface area contributed by atoms with Crippen molar-refractivity contribution in [1.82, 2.24) is 29.4 Å². The van der Waals surface area contributed by atoms with Gasteiger partial charge in [0.15, 0.2) is 0 Å². The van der Waals surface area contributed by atoms with Crippen LogP contribution in [0.25, 0.3) is 5.52 Å². The van der Waals surface area contributed by atoms with E-state index in [0.29, 0.717) is 34.0 Å². The van der Waals surface area contributed by atoms with Crippen LogP contribution in [0.1, 0.15) is 18.4 Å². The molecule has 0 bridgehead atoms. The lowest BCUT2D eigenvalue weighted by Crippen LogP contribution is -2.62. The van der Waals surface area contributed by atoms with E-state index in [0.717, 1.165) is 35.3 Å². The minimum atomic E-state index is -2.66. The molecule has 5 heterocycles. The number of aromatic nitrogens is 4. The minimum absolute atomic E-state index is 0.413. The molecular weight excluding hydrogens is 641 g/mol. The van der Waals surface area contributed by atoms with Crippen molar-refractivity contribution in [3.05, 3.63) is 52.9 Å². The molecule has 11 nitrogen and oxygen atoms in total. The molecule has 13 heteroatoms. The summed E-state index contributed by atoms with van der Waals surface area (Å²) in [6.45, 7) is 10.1. The first-order valence-electron chi connectivity index (χ1n) is 14.9. The lowest BCUT2D eigenvalue weighted by Gasteiger charge is -2.49. The van der Waals surface area contributed by atoms with E-state index in [9.17, 15) is 4.57 Å². The van der Waals surface area contributed by atoms with Gasteiger partial charge in [0.25, 0.3) is 0 Å². The van der Waals surface area contributed by atoms with Crippen molar-refractivity contribution in [3.63, 3.8) is 0 Å². The number of fused-ring (bicyclic) bond motifs is 1. The number of likely N-dealkylation sites (N-methyl/N-ethyl adjacent to an activating group) is 1. The number of hydrogen-bond donors (Lipinski definition) is 2. The minimum Gasteiger partial charge on any atom is -0.494 e. The number of nitrogens with one attached hydrogen (secondary N) is 2. The molecule has 0 amide bonds. The number of aryl methyl sites for hydroxylation is 1. The highest BCUT2D eigenvalue weighted by atomic mass is 79.9. The summed E-state index contributed by atoms with van der Waals surface area (Å²) < 4.78 is 21.6. The average molecular weight is 683 g/mol. The molecule has 2 saturated heterocycles. The maximum atomic E-state index is 13.3. The van der Waals surface area contributed by atoms with Crippen LogP contribution in [-0.2, 0) is 4.57 Å². The van der Waals surface area contributed by atoms with Gasteiger partial charge >= 0.3 is 0 Å². The summed E-state index contributed by atoms with van der Waals surface area (Å²) in [4.78, 5) is 16.7. The largest absolute Gasteiger partial charge is 0.494 e. The summed E-state index contributed by atoms with van der Waals surface area (Å²) in [7, 11) is 3.38. The third-order valence-corrected chi connectivity index (χ3v) is 10.9. The van der Waals surface area contributed by atoms with Crippen molar-refractivity contribution in [2.45, 2.75) is 31.8 Å². The Kier molecular flexibility index (Phi) is 8.63. The first-order valence-corrected chi connectivity index (χ1v) is 18.3. The number of ether oxygens (including phenoxy) is 1. The number of pyridine rings is 1. The number of piperidine rings is 1. The summed E-state index contributed by atoms with van der Waals surface area (Å²) in [6.07, 6.45) is 7.59. The van der Waals surface area contributed by atoms with Gasteiger partial charge in [0.05, 0.1) is 40.0 Å². The van der Waals surface area contributed by atoms with Crippen molar-refractivity contribution in [3.8, 4) is 5.75 Å². The highest BCUT2D eigenvalue weighted by Crippen LogP contribution is 2.41. The molecule has 0 spiro atoms. The van der Waals surface area contributed by atoms with Crippen LogP contribution >= 0.6 is 23.1 Å². The van der Waals surface area contributed by atoms with E-state index in [1.165, 1.54) is 37.2 Å². The van der Waals surface area contributed by atoms with Crippen molar-refractivity contribution in [2.24, 2.45) is 0 Å². The van der Waals surface area contributed by atoms with E-state index in [1.54, 1.807) is 37.3 Å². The fourth-order valence-corrected chi connectivity index (χ4v) is 8.01. The highest BCUT2D eigenvalue weighted by Gasteiger charge is 2.35. The van der Waals surface area contributed by atoms with Gasteiger partial charge in [0, 0.05) is 62.4 Å². The molecule has 0 atom stereocenters. The molecule has 2 aliphatic rings. The van der Waals surface area contributed by atoms with Gasteiger partial charge in [-0.1, -0.05) is 0 Å². The van der Waals surface area contributed by atoms with Crippen molar-refractivity contribution < 1.29 is 9.30 Å². The Bertz CT molecular complexity index is 1710. The van der Waals surface area contributed by atoms with E-state index < -0.39 is 7.14 Å². The second kappa shape index (κ2) is 12.3. The van der Waals surface area contributed by atoms with Crippen LogP contribution in [0.15, 0.2) is 47.3 Å². The molecule has 44 heavy (non-hydrogen) atoms. The topological polar surface area (TPSA) is 103 Å². The van der Waals surface area contributed by atoms with Gasteiger partial charge in [-0.25, -0.2) is 9.50 Å². The van der Waals surface area contributed by atoms with Gasteiger partial charge in [0.2, 0.25) is 5.95 Å². The second-order valence-electron chi connectivity index (χ2n) is 12.4. The summed E-state index contributed by atoms with van der Waals surface area (Å²) in [5, 5.41) is 11.8. The monoisotopic (exact) mass is 681 g/mol. The summed E-state index contributed by atoms with van der Waals surface area (Å²) in [5.74, 6) is 1.70. The maximum absolute atomic E-state index is 13.3. The van der Waals surface area contributed by atoms with Crippen LogP contribution in [-0.4, -0.2) is 102 Å². The van der Waals surface area contributed by atoms with Crippen LogP contribution in [0.4, 0.5) is 28.8 Å². The van der Waals surface area contributed by atoms with Crippen LogP contribution in [0.2, 0.25) is 0 Å². The Morgan fingerprint density at radius 1 is 1.09 bits per heavy atom. The molecule has 2 fully saturated rings. The van der Waals surface area contributed by atoms with E-state index in [4.69, 9.17) is 9.72 Å². The number of likely N-dealkylation sites (tertiary alicyclic amines) is 1. The van der Waals surface area contributed by atoms with Gasteiger partial charge in [-0.3, -0.25) is 4.90 Å². The molecule has 0 radical (unpaired) electrons. The van der Waals surface area contributed by atoms with Gasteiger partial charge in [-0.05, 0) is 86.9 Å². The number of nitrogens with zero attached hydrogens (tertiary/aromatic N) is 7. The Labute approximate surface area is 267 Å². The lowest BCUT2D eigenvalue weighted by atomic mass is 9.96. The smallest absolute Gasteiger partial charge is 0.229 e. The molecule has 0 unspecified atom stereocenters. The highest BCUT2D eigenvalue weighted by molar-refractivity contribution is 9.10. The van der Waals surface area contributed by atoms with Crippen molar-refractivity contribution in [2.75, 3.05) is 76.2 Å². The Morgan fingerprint density at radius 3 is 2.52 bits per heavy atom. The number of methoxy groups -OCH3 is 1. The molecular formula is C31H41BrN9O2P. The first-order chi connectivity index (χ1) is 21.0. The number of benzene rings is 1.